The lowest BCUT2D eigenvalue weighted by atomic mass is 9.69. The summed E-state index contributed by atoms with van der Waals surface area (Å²) in [5.74, 6) is 1.44. The standard InChI is InChI=1S/C18H34N2O/c1-18(2,3)15-10-8-14(9-11-15)17(21)20(13-12-19)16-6-4-5-7-16/h14-16H,4-13,19H2,1-3H3. The van der Waals surface area contributed by atoms with E-state index in [4.69, 9.17) is 5.73 Å². The number of hydrogen-bond acceptors (Lipinski definition) is 2. The highest BCUT2D eigenvalue weighted by Crippen LogP contribution is 2.40. The smallest absolute Gasteiger partial charge is 0.225 e. The summed E-state index contributed by atoms with van der Waals surface area (Å²) in [5, 5.41) is 0. The predicted octanol–water partition coefficient (Wildman–Crippen LogP) is 3.57. The highest BCUT2D eigenvalue weighted by Gasteiger charge is 2.36. The molecule has 0 aromatic carbocycles. The molecule has 3 nitrogen and oxygen atoms in total. The van der Waals surface area contributed by atoms with Gasteiger partial charge in [-0.3, -0.25) is 4.79 Å². The van der Waals surface area contributed by atoms with Crippen LogP contribution in [0.4, 0.5) is 0 Å². The highest BCUT2D eigenvalue weighted by atomic mass is 16.2. The molecule has 2 rings (SSSR count). The normalized spacial score (nSPS) is 27.8. The first-order chi connectivity index (χ1) is 9.93. The largest absolute Gasteiger partial charge is 0.338 e. The number of amides is 1. The maximum Gasteiger partial charge on any atom is 0.225 e. The lowest BCUT2D eigenvalue weighted by Crippen LogP contribution is -2.46. The van der Waals surface area contributed by atoms with Crippen molar-refractivity contribution in [1.82, 2.24) is 4.90 Å². The average Bonchev–Trinajstić information content (AvgIpc) is 2.97. The SMILES string of the molecule is CC(C)(C)C1CCC(C(=O)N(CCN)C2CCCC2)CC1. The predicted molar refractivity (Wildman–Crippen MR) is 87.9 cm³/mol. The molecule has 2 fully saturated rings. The Kier molecular flexibility index (Phi) is 5.70. The van der Waals surface area contributed by atoms with Gasteiger partial charge in [0, 0.05) is 25.0 Å². The third kappa shape index (κ3) is 4.21. The van der Waals surface area contributed by atoms with Crippen LogP contribution in [0.3, 0.4) is 0 Å². The number of carbonyl (C=O) groups is 1. The molecule has 0 aromatic heterocycles. The van der Waals surface area contributed by atoms with Crippen LogP contribution < -0.4 is 5.73 Å². The van der Waals surface area contributed by atoms with E-state index in [0.29, 0.717) is 23.9 Å². The van der Waals surface area contributed by atoms with Gasteiger partial charge in [0.2, 0.25) is 5.91 Å². The van der Waals surface area contributed by atoms with Crippen LogP contribution in [-0.4, -0.2) is 29.9 Å². The van der Waals surface area contributed by atoms with Gasteiger partial charge in [0.25, 0.3) is 0 Å². The van der Waals surface area contributed by atoms with Gasteiger partial charge in [0.1, 0.15) is 0 Å². The van der Waals surface area contributed by atoms with Gasteiger partial charge in [-0.2, -0.15) is 0 Å². The lowest BCUT2D eigenvalue weighted by Gasteiger charge is -2.39. The minimum absolute atomic E-state index is 0.260. The first-order valence-electron chi connectivity index (χ1n) is 8.94. The molecule has 0 spiro atoms. The minimum atomic E-state index is 0.260. The van der Waals surface area contributed by atoms with E-state index in [9.17, 15) is 4.79 Å². The molecule has 21 heavy (non-hydrogen) atoms. The van der Waals surface area contributed by atoms with Crippen molar-refractivity contribution in [3.05, 3.63) is 0 Å². The Bertz CT molecular complexity index is 334. The van der Waals surface area contributed by atoms with Crippen LogP contribution in [0.1, 0.15) is 72.1 Å². The van der Waals surface area contributed by atoms with Crippen LogP contribution in [0.25, 0.3) is 0 Å². The maximum atomic E-state index is 12.9. The number of carbonyl (C=O) groups excluding carboxylic acids is 1. The van der Waals surface area contributed by atoms with Crippen LogP contribution in [0.2, 0.25) is 0 Å². The molecule has 0 heterocycles. The van der Waals surface area contributed by atoms with Crippen LogP contribution >= 0.6 is 0 Å². The number of nitrogens with zero attached hydrogens (tertiary/aromatic N) is 1. The molecule has 2 N–H and O–H groups in total. The van der Waals surface area contributed by atoms with Crippen molar-refractivity contribution in [3.8, 4) is 0 Å². The second-order valence-electron chi connectivity index (χ2n) is 8.17. The molecule has 0 radical (unpaired) electrons. The molecule has 122 valence electrons. The summed E-state index contributed by atoms with van der Waals surface area (Å²) in [4.78, 5) is 15.0. The first-order valence-corrected chi connectivity index (χ1v) is 8.94. The monoisotopic (exact) mass is 294 g/mol. The molecule has 0 aromatic rings. The summed E-state index contributed by atoms with van der Waals surface area (Å²) in [6.07, 6.45) is 9.49. The summed E-state index contributed by atoms with van der Waals surface area (Å²) in [5.41, 5.74) is 6.13. The minimum Gasteiger partial charge on any atom is -0.338 e. The van der Waals surface area contributed by atoms with E-state index in [0.717, 1.165) is 25.3 Å². The van der Waals surface area contributed by atoms with Crippen LogP contribution in [0, 0.1) is 17.3 Å². The zero-order chi connectivity index (χ0) is 15.5. The second-order valence-corrected chi connectivity index (χ2v) is 8.17. The Balaban J connectivity index is 1.92. The van der Waals surface area contributed by atoms with Gasteiger partial charge in [-0.1, -0.05) is 33.6 Å². The first kappa shape index (κ1) is 16.8. The highest BCUT2D eigenvalue weighted by molar-refractivity contribution is 5.79. The second kappa shape index (κ2) is 7.13. The molecule has 0 atom stereocenters. The fraction of sp³-hybridized carbons (Fsp3) is 0.944. The summed E-state index contributed by atoms with van der Waals surface area (Å²) in [6.45, 7) is 8.35. The zero-order valence-electron chi connectivity index (χ0n) is 14.2. The number of hydrogen-bond donors (Lipinski definition) is 1. The molecule has 0 bridgehead atoms. The van der Waals surface area contributed by atoms with Crippen LogP contribution in [0.5, 0.6) is 0 Å². The Morgan fingerprint density at radius 1 is 1.05 bits per heavy atom. The van der Waals surface area contributed by atoms with E-state index < -0.39 is 0 Å². The quantitative estimate of drug-likeness (QED) is 0.861. The fourth-order valence-corrected chi connectivity index (χ4v) is 4.27. The number of nitrogens with two attached hydrogens (primary N) is 1. The van der Waals surface area contributed by atoms with E-state index in [2.05, 4.69) is 25.7 Å². The van der Waals surface area contributed by atoms with Gasteiger partial charge in [-0.15, -0.1) is 0 Å². The summed E-state index contributed by atoms with van der Waals surface area (Å²) in [6, 6.07) is 0.474. The molecular formula is C18H34N2O. The third-order valence-corrected chi connectivity index (χ3v) is 5.72. The topological polar surface area (TPSA) is 46.3 Å². The summed E-state index contributed by atoms with van der Waals surface area (Å²) < 4.78 is 0. The van der Waals surface area contributed by atoms with E-state index >= 15 is 0 Å². The fourth-order valence-electron chi connectivity index (χ4n) is 4.27. The van der Waals surface area contributed by atoms with Crippen molar-refractivity contribution in [3.63, 3.8) is 0 Å². The maximum absolute atomic E-state index is 12.9. The van der Waals surface area contributed by atoms with E-state index in [1.165, 1.54) is 38.5 Å². The molecule has 0 saturated heterocycles. The van der Waals surface area contributed by atoms with Crippen molar-refractivity contribution < 1.29 is 4.79 Å². The Hall–Kier alpha value is -0.570. The molecule has 0 aliphatic heterocycles. The number of rotatable bonds is 4. The zero-order valence-corrected chi connectivity index (χ0v) is 14.2. The summed E-state index contributed by atoms with van der Waals surface area (Å²) >= 11 is 0. The van der Waals surface area contributed by atoms with E-state index in [-0.39, 0.29) is 5.92 Å². The molecule has 2 aliphatic rings. The van der Waals surface area contributed by atoms with E-state index in [1.54, 1.807) is 0 Å². The lowest BCUT2D eigenvalue weighted by molar-refractivity contribution is -0.139. The van der Waals surface area contributed by atoms with Crippen LogP contribution in [0.15, 0.2) is 0 Å². The Morgan fingerprint density at radius 2 is 1.62 bits per heavy atom. The average molecular weight is 294 g/mol. The van der Waals surface area contributed by atoms with Crippen molar-refractivity contribution in [2.24, 2.45) is 23.0 Å². The molecule has 2 aliphatic carbocycles. The van der Waals surface area contributed by atoms with Crippen molar-refractivity contribution >= 4 is 5.91 Å². The van der Waals surface area contributed by atoms with Gasteiger partial charge in [0.15, 0.2) is 0 Å². The van der Waals surface area contributed by atoms with Crippen molar-refractivity contribution in [1.29, 1.82) is 0 Å². The molecule has 0 unspecified atom stereocenters. The molecule has 1 amide bonds. The summed E-state index contributed by atoms with van der Waals surface area (Å²) in [7, 11) is 0. The third-order valence-electron chi connectivity index (χ3n) is 5.72. The van der Waals surface area contributed by atoms with E-state index in [1.807, 2.05) is 0 Å². The molecular weight excluding hydrogens is 260 g/mol. The van der Waals surface area contributed by atoms with Crippen molar-refractivity contribution in [2.75, 3.05) is 13.1 Å². The van der Waals surface area contributed by atoms with Crippen LogP contribution in [-0.2, 0) is 4.79 Å². The van der Waals surface area contributed by atoms with Crippen molar-refractivity contribution in [2.45, 2.75) is 78.2 Å². The molecule has 2 saturated carbocycles. The Labute approximate surface area is 130 Å². The molecule has 3 heteroatoms. The van der Waals surface area contributed by atoms with Gasteiger partial charge in [-0.25, -0.2) is 0 Å². The van der Waals surface area contributed by atoms with Gasteiger partial charge >= 0.3 is 0 Å². The van der Waals surface area contributed by atoms with Gasteiger partial charge in [0.05, 0.1) is 0 Å². The van der Waals surface area contributed by atoms with Gasteiger partial charge < -0.3 is 10.6 Å². The van der Waals surface area contributed by atoms with Gasteiger partial charge in [-0.05, 0) is 49.9 Å². The Morgan fingerprint density at radius 3 is 2.10 bits per heavy atom.